The molecule has 0 spiro atoms. The molecule has 0 aliphatic heterocycles. The van der Waals surface area contributed by atoms with E-state index in [2.05, 4.69) is 6.58 Å². The molecule has 0 bridgehead atoms. The van der Waals surface area contributed by atoms with Crippen LogP contribution in [0.4, 0.5) is 0 Å². The second kappa shape index (κ2) is 4.17. The van der Waals surface area contributed by atoms with Crippen molar-refractivity contribution in [2.75, 3.05) is 0 Å². The van der Waals surface area contributed by atoms with Crippen molar-refractivity contribution in [1.82, 2.24) is 0 Å². The van der Waals surface area contributed by atoms with Gasteiger partial charge in [0.25, 0.3) is 0 Å². The van der Waals surface area contributed by atoms with Crippen LogP contribution in [0.1, 0.15) is 0 Å². The minimum Gasteiger partial charge on any atom is -0.478 e. The van der Waals surface area contributed by atoms with Crippen molar-refractivity contribution in [3.63, 3.8) is 0 Å². The number of hydrogen-bond acceptors (Lipinski definition) is 1. The standard InChI is InChI=1S/C3H4O2.H2O/c1-2-3(4)5;/h2H,1H2,(H,4,5);1H2. The molecule has 3 nitrogen and oxygen atoms in total. The summed E-state index contributed by atoms with van der Waals surface area (Å²) in [6.07, 6.45) is 0.833. The molecule has 0 aliphatic rings. The Hall–Kier alpha value is -0.830. The Morgan fingerprint density at radius 2 is 2.00 bits per heavy atom. The van der Waals surface area contributed by atoms with Crippen LogP contribution in [0.2, 0.25) is 0 Å². The lowest BCUT2D eigenvalue weighted by molar-refractivity contribution is -0.131. The smallest absolute Gasteiger partial charge is 0.327 e. The Bertz CT molecular complexity index is 57.1. The minimum absolute atomic E-state index is 0. The molecule has 0 heterocycles. The SMILES string of the molecule is C=CC(=O)O.O. The van der Waals surface area contributed by atoms with Crippen LogP contribution in [0.15, 0.2) is 12.7 Å². The normalized spacial score (nSPS) is 5.33. The summed E-state index contributed by atoms with van der Waals surface area (Å²) in [6, 6.07) is 0. The number of aliphatic carboxylic acids is 1. The van der Waals surface area contributed by atoms with Crippen LogP contribution in [0.25, 0.3) is 0 Å². The van der Waals surface area contributed by atoms with Gasteiger partial charge in [-0.2, -0.15) is 0 Å². The van der Waals surface area contributed by atoms with Crippen LogP contribution in [0.5, 0.6) is 0 Å². The van der Waals surface area contributed by atoms with Crippen molar-refractivity contribution in [2.24, 2.45) is 0 Å². The zero-order valence-electron chi connectivity index (χ0n) is 3.14. The third kappa shape index (κ3) is 10.9. The number of hydrogen-bond donors (Lipinski definition) is 1. The number of rotatable bonds is 1. The third-order valence-electron chi connectivity index (χ3n) is 0.175. The molecule has 3 heteroatoms. The highest BCUT2D eigenvalue weighted by molar-refractivity contribution is 5.78. The Balaban J connectivity index is 0. The average molecular weight is 90.1 g/mol. The van der Waals surface area contributed by atoms with E-state index in [0.717, 1.165) is 6.08 Å². The highest BCUT2D eigenvalue weighted by Gasteiger charge is 1.73. The molecule has 0 atom stereocenters. The minimum atomic E-state index is -0.981. The van der Waals surface area contributed by atoms with Crippen molar-refractivity contribution in [3.05, 3.63) is 12.7 Å². The summed E-state index contributed by atoms with van der Waals surface area (Å²) in [5, 5.41) is 7.60. The molecule has 0 rings (SSSR count). The van der Waals surface area contributed by atoms with E-state index in [9.17, 15) is 4.79 Å². The molecule has 0 saturated carbocycles. The molecular formula is C3H6O3. The maximum Gasteiger partial charge on any atom is 0.327 e. The molecule has 0 aromatic rings. The molecular weight excluding hydrogens is 84.0 g/mol. The van der Waals surface area contributed by atoms with Gasteiger partial charge in [-0.05, 0) is 0 Å². The van der Waals surface area contributed by atoms with Gasteiger partial charge in [-0.1, -0.05) is 6.58 Å². The van der Waals surface area contributed by atoms with Crippen molar-refractivity contribution >= 4 is 5.97 Å². The molecule has 6 heavy (non-hydrogen) atoms. The first-order valence-corrected chi connectivity index (χ1v) is 1.12. The van der Waals surface area contributed by atoms with Gasteiger partial charge in [0.15, 0.2) is 0 Å². The van der Waals surface area contributed by atoms with Crippen molar-refractivity contribution in [1.29, 1.82) is 0 Å². The third-order valence-corrected chi connectivity index (χ3v) is 0.175. The summed E-state index contributed by atoms with van der Waals surface area (Å²) in [7, 11) is 0. The predicted octanol–water partition coefficient (Wildman–Crippen LogP) is -0.568. The molecule has 36 valence electrons. The van der Waals surface area contributed by atoms with Crippen molar-refractivity contribution in [3.8, 4) is 0 Å². The van der Waals surface area contributed by atoms with E-state index in [4.69, 9.17) is 5.11 Å². The van der Waals surface area contributed by atoms with Crippen LogP contribution >= 0.6 is 0 Å². The van der Waals surface area contributed by atoms with Gasteiger partial charge < -0.3 is 10.6 Å². The van der Waals surface area contributed by atoms with E-state index < -0.39 is 5.97 Å². The lowest BCUT2D eigenvalue weighted by Gasteiger charge is -1.64. The summed E-state index contributed by atoms with van der Waals surface area (Å²) in [4.78, 5) is 9.25. The quantitative estimate of drug-likeness (QED) is 0.438. The fraction of sp³-hybridized carbons (Fsp3) is 0. The van der Waals surface area contributed by atoms with Crippen LogP contribution in [-0.4, -0.2) is 16.6 Å². The molecule has 0 radical (unpaired) electrons. The molecule has 0 aliphatic carbocycles. The average Bonchev–Trinajstić information content (AvgIpc) is 1.38. The summed E-state index contributed by atoms with van der Waals surface area (Å²) in [5.41, 5.74) is 0. The zero-order valence-corrected chi connectivity index (χ0v) is 3.14. The van der Waals surface area contributed by atoms with Gasteiger partial charge in [-0.25, -0.2) is 4.79 Å². The van der Waals surface area contributed by atoms with E-state index >= 15 is 0 Å². The Kier molecular flexibility index (Phi) is 6.22. The number of carbonyl (C=O) groups is 1. The molecule has 0 aromatic heterocycles. The summed E-state index contributed by atoms with van der Waals surface area (Å²) in [6.45, 7) is 2.96. The summed E-state index contributed by atoms with van der Waals surface area (Å²) >= 11 is 0. The van der Waals surface area contributed by atoms with Crippen LogP contribution in [-0.2, 0) is 4.79 Å². The zero-order chi connectivity index (χ0) is 4.28. The second-order valence-electron chi connectivity index (χ2n) is 0.542. The van der Waals surface area contributed by atoms with E-state index in [1.807, 2.05) is 0 Å². The summed E-state index contributed by atoms with van der Waals surface area (Å²) < 4.78 is 0. The van der Waals surface area contributed by atoms with Crippen molar-refractivity contribution < 1.29 is 15.4 Å². The molecule has 0 aromatic carbocycles. The van der Waals surface area contributed by atoms with E-state index in [-0.39, 0.29) is 5.48 Å². The molecule has 0 amide bonds. The maximum atomic E-state index is 9.25. The Morgan fingerprint density at radius 3 is 2.00 bits per heavy atom. The maximum absolute atomic E-state index is 9.25. The van der Waals surface area contributed by atoms with Gasteiger partial charge in [-0.3, -0.25) is 0 Å². The first kappa shape index (κ1) is 8.95. The first-order chi connectivity index (χ1) is 2.27. The Morgan fingerprint density at radius 1 is 1.83 bits per heavy atom. The monoisotopic (exact) mass is 90.0 g/mol. The molecule has 0 fully saturated rings. The number of carboxylic acids is 1. The lowest BCUT2D eigenvalue weighted by Crippen LogP contribution is -1.82. The van der Waals surface area contributed by atoms with Gasteiger partial charge >= 0.3 is 5.97 Å². The van der Waals surface area contributed by atoms with Crippen LogP contribution in [0.3, 0.4) is 0 Å². The van der Waals surface area contributed by atoms with E-state index in [1.165, 1.54) is 0 Å². The van der Waals surface area contributed by atoms with Gasteiger partial charge in [-0.15, -0.1) is 0 Å². The molecule has 0 saturated heterocycles. The molecule has 0 unspecified atom stereocenters. The van der Waals surface area contributed by atoms with Crippen LogP contribution in [0, 0.1) is 0 Å². The van der Waals surface area contributed by atoms with E-state index in [0.29, 0.717) is 0 Å². The van der Waals surface area contributed by atoms with Gasteiger partial charge in [0.2, 0.25) is 0 Å². The predicted molar refractivity (Wildman–Crippen MR) is 21.4 cm³/mol. The van der Waals surface area contributed by atoms with E-state index in [1.54, 1.807) is 0 Å². The fourth-order valence-electron chi connectivity index (χ4n) is 0. The Labute approximate surface area is 35.2 Å². The second-order valence-corrected chi connectivity index (χ2v) is 0.542. The number of carboxylic acid groups (broad SMARTS) is 1. The van der Waals surface area contributed by atoms with Gasteiger partial charge in [0.1, 0.15) is 0 Å². The molecule has 3 N–H and O–H groups in total. The lowest BCUT2D eigenvalue weighted by atomic mass is 10.7. The highest BCUT2D eigenvalue weighted by atomic mass is 16.4. The fourth-order valence-corrected chi connectivity index (χ4v) is 0. The first-order valence-electron chi connectivity index (χ1n) is 1.12. The summed E-state index contributed by atoms with van der Waals surface area (Å²) in [5.74, 6) is -0.981. The van der Waals surface area contributed by atoms with Gasteiger partial charge in [0.05, 0.1) is 0 Å². The van der Waals surface area contributed by atoms with Crippen molar-refractivity contribution in [2.45, 2.75) is 0 Å². The van der Waals surface area contributed by atoms with Crippen LogP contribution < -0.4 is 0 Å². The van der Waals surface area contributed by atoms with Gasteiger partial charge in [0, 0.05) is 6.08 Å². The topological polar surface area (TPSA) is 68.8 Å². The highest BCUT2D eigenvalue weighted by Crippen LogP contribution is 1.54. The largest absolute Gasteiger partial charge is 0.478 e.